The van der Waals surface area contributed by atoms with Crippen molar-refractivity contribution >= 4 is 0 Å². The van der Waals surface area contributed by atoms with Crippen LogP contribution < -0.4 is 9.47 Å². The molecule has 0 amide bonds. The molecule has 0 aliphatic rings. The van der Waals surface area contributed by atoms with E-state index >= 15 is 0 Å². The summed E-state index contributed by atoms with van der Waals surface area (Å²) in [5, 5.41) is 9.93. The molecule has 0 radical (unpaired) electrons. The largest absolute Gasteiger partial charge is 0.502 e. The summed E-state index contributed by atoms with van der Waals surface area (Å²) in [5.74, 6) is 1.49. The normalized spacial score (nSPS) is 10.6. The minimum atomic E-state index is -0.00302. The van der Waals surface area contributed by atoms with Gasteiger partial charge in [-0.15, -0.1) is 0 Å². The summed E-state index contributed by atoms with van der Waals surface area (Å²) in [6.45, 7) is 4.17. The van der Waals surface area contributed by atoms with Gasteiger partial charge in [-0.05, 0) is 25.0 Å². The third-order valence-corrected chi connectivity index (χ3v) is 3.31. The second kappa shape index (κ2) is 5.86. The number of nitrogens with zero attached hydrogens (tertiary/aromatic N) is 1. The lowest BCUT2D eigenvalue weighted by molar-refractivity contribution is 0.340. The lowest BCUT2D eigenvalue weighted by Crippen LogP contribution is -1.91. The molecule has 2 rings (SSSR count). The van der Waals surface area contributed by atoms with Gasteiger partial charge in [0.1, 0.15) is 5.82 Å². The number of hydrogen-bond donors (Lipinski definition) is 2. The molecule has 0 atom stereocenters. The Bertz CT molecular complexity index is 559. The minimum Gasteiger partial charge on any atom is -0.502 e. The molecule has 0 fully saturated rings. The van der Waals surface area contributed by atoms with Gasteiger partial charge in [-0.3, -0.25) is 0 Å². The molecule has 0 saturated heterocycles. The molecule has 2 aromatic rings. The van der Waals surface area contributed by atoms with E-state index in [-0.39, 0.29) is 5.75 Å². The van der Waals surface area contributed by atoms with Crippen LogP contribution in [0.25, 0.3) is 11.4 Å². The van der Waals surface area contributed by atoms with Crippen LogP contribution in [0.15, 0.2) is 12.1 Å². The summed E-state index contributed by atoms with van der Waals surface area (Å²) in [4.78, 5) is 7.92. The van der Waals surface area contributed by atoms with Gasteiger partial charge in [-0.2, -0.15) is 0 Å². The maximum atomic E-state index is 9.93. The zero-order valence-electron chi connectivity index (χ0n) is 12.3. The number of rotatable bonds is 5. The summed E-state index contributed by atoms with van der Waals surface area (Å²) in [5.41, 5.74) is 3.02. The van der Waals surface area contributed by atoms with Gasteiger partial charge >= 0.3 is 0 Å². The van der Waals surface area contributed by atoms with Gasteiger partial charge in [-0.25, -0.2) is 4.98 Å². The molecule has 0 spiro atoms. The molecular formula is C15H20N2O3. The maximum Gasteiger partial charge on any atom is 0.200 e. The van der Waals surface area contributed by atoms with E-state index in [9.17, 15) is 5.11 Å². The highest BCUT2D eigenvalue weighted by molar-refractivity contribution is 5.66. The van der Waals surface area contributed by atoms with Crippen LogP contribution in [0.5, 0.6) is 17.2 Å². The lowest BCUT2D eigenvalue weighted by atomic mass is 10.1. The number of nitrogens with one attached hydrogen (secondary N) is 1. The van der Waals surface area contributed by atoms with Crippen molar-refractivity contribution in [1.82, 2.24) is 9.97 Å². The van der Waals surface area contributed by atoms with Crippen molar-refractivity contribution in [1.29, 1.82) is 0 Å². The van der Waals surface area contributed by atoms with Gasteiger partial charge in [0.15, 0.2) is 11.5 Å². The van der Waals surface area contributed by atoms with Crippen LogP contribution in [-0.4, -0.2) is 29.3 Å². The van der Waals surface area contributed by atoms with Crippen LogP contribution >= 0.6 is 0 Å². The van der Waals surface area contributed by atoms with Crippen molar-refractivity contribution in [3.63, 3.8) is 0 Å². The number of ether oxygens (including phenoxy) is 2. The summed E-state index contributed by atoms with van der Waals surface area (Å²) in [7, 11) is 3.02. The van der Waals surface area contributed by atoms with Crippen molar-refractivity contribution in [2.75, 3.05) is 14.2 Å². The number of aryl methyl sites for hydroxylation is 2. The molecule has 0 aliphatic carbocycles. The van der Waals surface area contributed by atoms with Crippen molar-refractivity contribution in [2.24, 2.45) is 0 Å². The Morgan fingerprint density at radius 3 is 2.10 bits per heavy atom. The Morgan fingerprint density at radius 1 is 1.10 bits per heavy atom. The zero-order chi connectivity index (χ0) is 14.7. The number of phenols is 1. The van der Waals surface area contributed by atoms with Crippen LogP contribution in [-0.2, 0) is 12.8 Å². The van der Waals surface area contributed by atoms with E-state index in [0.29, 0.717) is 11.5 Å². The van der Waals surface area contributed by atoms with E-state index in [1.165, 1.54) is 14.2 Å². The predicted molar refractivity (Wildman–Crippen MR) is 77.5 cm³/mol. The SMILES string of the molecule is CCc1nc(-c2cc(OC)c(O)c(OC)c2)[nH]c1CC. The Labute approximate surface area is 118 Å². The van der Waals surface area contributed by atoms with E-state index in [4.69, 9.17) is 9.47 Å². The number of aromatic nitrogens is 2. The minimum absolute atomic E-state index is 0.00302. The molecule has 2 N–H and O–H groups in total. The molecule has 1 heterocycles. The predicted octanol–water partition coefficient (Wildman–Crippen LogP) is 2.92. The summed E-state index contributed by atoms with van der Waals surface area (Å²) in [6, 6.07) is 3.49. The van der Waals surface area contributed by atoms with E-state index < -0.39 is 0 Å². The molecule has 20 heavy (non-hydrogen) atoms. The number of phenolic OH excluding ortho intramolecular Hbond substituents is 1. The molecule has 0 bridgehead atoms. The molecule has 108 valence electrons. The van der Waals surface area contributed by atoms with Crippen molar-refractivity contribution < 1.29 is 14.6 Å². The fourth-order valence-electron chi connectivity index (χ4n) is 2.20. The molecule has 1 aromatic heterocycles. The number of imidazole rings is 1. The zero-order valence-corrected chi connectivity index (χ0v) is 12.3. The lowest BCUT2D eigenvalue weighted by Gasteiger charge is -2.10. The van der Waals surface area contributed by atoms with Crippen LogP contribution in [0, 0.1) is 0 Å². The summed E-state index contributed by atoms with van der Waals surface area (Å²) < 4.78 is 10.3. The summed E-state index contributed by atoms with van der Waals surface area (Å²) in [6.07, 6.45) is 1.79. The Balaban J connectivity index is 2.54. The van der Waals surface area contributed by atoms with E-state index in [1.54, 1.807) is 12.1 Å². The van der Waals surface area contributed by atoms with Crippen molar-refractivity contribution in [3.05, 3.63) is 23.5 Å². The molecule has 5 heteroatoms. The number of hydrogen-bond acceptors (Lipinski definition) is 4. The highest BCUT2D eigenvalue weighted by Crippen LogP contribution is 2.39. The van der Waals surface area contributed by atoms with Gasteiger partial charge in [0.25, 0.3) is 0 Å². The third kappa shape index (κ3) is 2.43. The Kier molecular flexibility index (Phi) is 4.17. The number of aromatic amines is 1. The average Bonchev–Trinajstić information content (AvgIpc) is 2.90. The second-order valence-electron chi connectivity index (χ2n) is 4.45. The molecule has 0 aliphatic heterocycles. The van der Waals surface area contributed by atoms with Gasteiger partial charge in [0.05, 0.1) is 19.9 Å². The van der Waals surface area contributed by atoms with Crippen molar-refractivity contribution in [3.8, 4) is 28.6 Å². The van der Waals surface area contributed by atoms with Crippen LogP contribution in [0.4, 0.5) is 0 Å². The Hall–Kier alpha value is -2.17. The van der Waals surface area contributed by atoms with Gasteiger partial charge < -0.3 is 19.6 Å². The molecule has 1 aromatic carbocycles. The highest BCUT2D eigenvalue weighted by atomic mass is 16.5. The maximum absolute atomic E-state index is 9.93. The van der Waals surface area contributed by atoms with Crippen molar-refractivity contribution in [2.45, 2.75) is 26.7 Å². The third-order valence-electron chi connectivity index (χ3n) is 3.31. The topological polar surface area (TPSA) is 67.4 Å². The van der Waals surface area contributed by atoms with Gasteiger partial charge in [0, 0.05) is 11.3 Å². The first-order valence-corrected chi connectivity index (χ1v) is 6.67. The quantitative estimate of drug-likeness (QED) is 0.881. The fraction of sp³-hybridized carbons (Fsp3) is 0.400. The fourth-order valence-corrected chi connectivity index (χ4v) is 2.20. The Morgan fingerprint density at radius 2 is 1.70 bits per heavy atom. The first-order valence-electron chi connectivity index (χ1n) is 6.67. The smallest absolute Gasteiger partial charge is 0.200 e. The number of aromatic hydroxyl groups is 1. The average molecular weight is 276 g/mol. The van der Waals surface area contributed by atoms with E-state index in [0.717, 1.165) is 35.6 Å². The molecule has 0 saturated carbocycles. The van der Waals surface area contributed by atoms with Gasteiger partial charge in [0.2, 0.25) is 5.75 Å². The molecule has 5 nitrogen and oxygen atoms in total. The van der Waals surface area contributed by atoms with Crippen LogP contribution in [0.3, 0.4) is 0 Å². The molecule has 0 unspecified atom stereocenters. The number of H-pyrrole nitrogens is 1. The van der Waals surface area contributed by atoms with Crippen LogP contribution in [0.1, 0.15) is 25.2 Å². The first-order chi connectivity index (χ1) is 9.64. The first kappa shape index (κ1) is 14.2. The standard InChI is InChI=1S/C15H20N2O3/c1-5-10-11(6-2)17-15(16-10)9-7-12(19-3)14(18)13(8-9)20-4/h7-8,18H,5-6H2,1-4H3,(H,16,17). The number of methoxy groups -OCH3 is 2. The van der Waals surface area contributed by atoms with E-state index in [1.807, 2.05) is 0 Å². The highest BCUT2D eigenvalue weighted by Gasteiger charge is 2.15. The summed E-state index contributed by atoms with van der Waals surface area (Å²) >= 11 is 0. The van der Waals surface area contributed by atoms with Gasteiger partial charge in [-0.1, -0.05) is 13.8 Å². The second-order valence-corrected chi connectivity index (χ2v) is 4.45. The number of benzene rings is 1. The molecular weight excluding hydrogens is 256 g/mol. The van der Waals surface area contributed by atoms with Crippen LogP contribution in [0.2, 0.25) is 0 Å². The van der Waals surface area contributed by atoms with E-state index in [2.05, 4.69) is 23.8 Å². The monoisotopic (exact) mass is 276 g/mol.